The Hall–Kier alpha value is -2.96. The molecule has 1 aromatic carbocycles. The van der Waals surface area contributed by atoms with E-state index in [1.54, 1.807) is 7.11 Å². The Morgan fingerprint density at radius 3 is 2.29 bits per heavy atom. The lowest BCUT2D eigenvalue weighted by atomic mass is 10.1. The SMILES string of the molecule is CC.CCN(N)c1nc(N)nc(N(C)C(C)CC(COP(NC2(C(=O)OC)CC2)Oc2ccc(C)cc2)OC)c1N. The molecule has 2 aromatic rings. The van der Waals surface area contributed by atoms with Crippen molar-refractivity contribution in [2.24, 2.45) is 5.84 Å². The first-order chi connectivity index (χ1) is 19.5. The molecule has 13 nitrogen and oxygen atoms in total. The number of benzene rings is 1. The smallest absolute Gasteiger partial charge is 0.326 e. The van der Waals surface area contributed by atoms with Crippen LogP contribution in [0.5, 0.6) is 5.75 Å². The lowest BCUT2D eigenvalue weighted by Gasteiger charge is -2.31. The van der Waals surface area contributed by atoms with Gasteiger partial charge in [0.25, 0.3) is 0 Å². The molecule has 0 aliphatic heterocycles. The van der Waals surface area contributed by atoms with Gasteiger partial charge in [-0.15, -0.1) is 0 Å². The van der Waals surface area contributed by atoms with Crippen LogP contribution in [0.2, 0.25) is 0 Å². The zero-order valence-electron chi connectivity index (χ0n) is 25.5. The molecular weight excluding hydrogens is 547 g/mol. The van der Waals surface area contributed by atoms with Crippen molar-refractivity contribution in [3.8, 4) is 5.75 Å². The van der Waals surface area contributed by atoms with E-state index < -0.39 is 14.1 Å². The number of hydrogen-bond acceptors (Lipinski definition) is 13. The molecule has 3 unspecified atom stereocenters. The third kappa shape index (κ3) is 9.27. The summed E-state index contributed by atoms with van der Waals surface area (Å²) in [5.41, 5.74) is 12.9. The molecule has 1 heterocycles. The van der Waals surface area contributed by atoms with Crippen LogP contribution >= 0.6 is 8.53 Å². The second-order valence-corrected chi connectivity index (χ2v) is 10.8. The highest BCUT2D eigenvalue weighted by molar-refractivity contribution is 7.45. The van der Waals surface area contributed by atoms with Gasteiger partial charge in [-0.25, -0.2) is 10.9 Å². The molecule has 3 atom stereocenters. The van der Waals surface area contributed by atoms with Gasteiger partial charge in [-0.2, -0.15) is 9.97 Å². The number of nitrogens with one attached hydrogen (secondary N) is 1. The number of ether oxygens (including phenoxy) is 2. The highest BCUT2D eigenvalue weighted by Crippen LogP contribution is 2.47. The van der Waals surface area contributed by atoms with E-state index in [-0.39, 0.29) is 30.7 Å². The van der Waals surface area contributed by atoms with Crippen LogP contribution in [-0.4, -0.2) is 68.0 Å². The van der Waals surface area contributed by atoms with Crippen molar-refractivity contribution in [3.05, 3.63) is 29.8 Å². The minimum atomic E-state index is -1.68. The van der Waals surface area contributed by atoms with Crippen LogP contribution in [0.15, 0.2) is 24.3 Å². The summed E-state index contributed by atoms with van der Waals surface area (Å²) in [5.74, 6) is 7.26. The molecule has 1 saturated carbocycles. The summed E-state index contributed by atoms with van der Waals surface area (Å²) in [5, 5.41) is 4.67. The molecule has 230 valence electrons. The van der Waals surface area contributed by atoms with Crippen LogP contribution in [0.4, 0.5) is 23.3 Å². The van der Waals surface area contributed by atoms with Gasteiger partial charge in [0.1, 0.15) is 17.0 Å². The summed E-state index contributed by atoms with van der Waals surface area (Å²) in [4.78, 5) is 22.8. The zero-order valence-corrected chi connectivity index (χ0v) is 26.4. The van der Waals surface area contributed by atoms with Crippen molar-refractivity contribution in [1.82, 2.24) is 15.1 Å². The Morgan fingerprint density at radius 2 is 1.76 bits per heavy atom. The van der Waals surface area contributed by atoms with E-state index in [4.69, 9.17) is 35.8 Å². The normalized spacial score (nSPS) is 15.5. The molecule has 3 rings (SSSR count). The van der Waals surface area contributed by atoms with E-state index >= 15 is 0 Å². The first-order valence-electron chi connectivity index (χ1n) is 13.8. The van der Waals surface area contributed by atoms with Gasteiger partial charge in [-0.3, -0.25) is 9.80 Å². The Labute approximate surface area is 245 Å². The van der Waals surface area contributed by atoms with Gasteiger partial charge >= 0.3 is 14.5 Å². The number of carbonyl (C=O) groups excluding carboxylic acids is 1. The predicted octanol–water partition coefficient (Wildman–Crippen LogP) is 3.52. The molecule has 1 aliphatic carbocycles. The van der Waals surface area contributed by atoms with Crippen LogP contribution in [0, 0.1) is 6.92 Å². The van der Waals surface area contributed by atoms with Crippen LogP contribution in [-0.2, 0) is 18.8 Å². The summed E-state index contributed by atoms with van der Waals surface area (Å²) in [6.07, 6.45) is 1.57. The molecule has 1 fully saturated rings. The van der Waals surface area contributed by atoms with Gasteiger partial charge in [0, 0.05) is 26.7 Å². The molecule has 1 aliphatic rings. The van der Waals surface area contributed by atoms with E-state index in [0.29, 0.717) is 48.9 Å². The maximum Gasteiger partial charge on any atom is 0.326 e. The minimum absolute atomic E-state index is 0.0714. The summed E-state index contributed by atoms with van der Waals surface area (Å²) in [7, 11) is 3.19. The maximum atomic E-state index is 12.4. The summed E-state index contributed by atoms with van der Waals surface area (Å²) in [6, 6.07) is 7.56. The molecule has 41 heavy (non-hydrogen) atoms. The number of aryl methyl sites for hydroxylation is 1. The Bertz CT molecular complexity index is 1110. The van der Waals surface area contributed by atoms with Gasteiger partial charge in [0.15, 0.2) is 11.6 Å². The highest BCUT2D eigenvalue weighted by atomic mass is 31.2. The standard InChI is InChI=1S/C25H41N8O5P.C2H6/c1-7-33(28)22-20(26)21(29-24(27)30-22)32(4)17(3)14-19(35-5)15-37-39(31-25(12-13-25)23(34)36-6)38-18-10-8-16(2)9-11-18;1-2/h8-11,17,19,31H,7,12-15,26,28H2,1-6H3,(H2,27,29,30);1-2H3. The third-order valence-electron chi connectivity index (χ3n) is 6.69. The monoisotopic (exact) mass is 594 g/mol. The van der Waals surface area contributed by atoms with Gasteiger partial charge < -0.3 is 34.9 Å². The fourth-order valence-electron chi connectivity index (χ4n) is 3.86. The van der Waals surface area contributed by atoms with E-state index in [9.17, 15) is 4.79 Å². The molecule has 14 heteroatoms. The lowest BCUT2D eigenvalue weighted by Crippen LogP contribution is -2.39. The van der Waals surface area contributed by atoms with E-state index in [1.807, 2.05) is 70.8 Å². The first kappa shape index (κ1) is 34.2. The van der Waals surface area contributed by atoms with Crippen LogP contribution in [0.3, 0.4) is 0 Å². The van der Waals surface area contributed by atoms with Gasteiger partial charge in [0.05, 0.1) is 19.8 Å². The topological polar surface area (TPSA) is 176 Å². The number of anilines is 4. The maximum absolute atomic E-state index is 12.4. The second kappa shape index (κ2) is 15.9. The van der Waals surface area contributed by atoms with E-state index in [1.165, 1.54) is 12.1 Å². The van der Waals surface area contributed by atoms with E-state index in [2.05, 4.69) is 15.1 Å². The van der Waals surface area contributed by atoms with E-state index in [0.717, 1.165) is 5.56 Å². The van der Waals surface area contributed by atoms with Crippen molar-refractivity contribution in [3.63, 3.8) is 0 Å². The molecule has 1 aromatic heterocycles. The van der Waals surface area contributed by atoms with Crippen molar-refractivity contribution in [2.45, 2.75) is 71.6 Å². The Morgan fingerprint density at radius 1 is 1.15 bits per heavy atom. The average molecular weight is 595 g/mol. The lowest BCUT2D eigenvalue weighted by molar-refractivity contribution is -0.143. The van der Waals surface area contributed by atoms with Gasteiger partial charge in [-0.05, 0) is 52.2 Å². The van der Waals surface area contributed by atoms with Crippen LogP contribution in [0.1, 0.15) is 52.5 Å². The van der Waals surface area contributed by atoms with Crippen molar-refractivity contribution >= 4 is 37.8 Å². The molecule has 0 bridgehead atoms. The largest absolute Gasteiger partial charge is 0.468 e. The quantitative estimate of drug-likeness (QED) is 0.102. The fraction of sp³-hybridized carbons (Fsp3) is 0.593. The summed E-state index contributed by atoms with van der Waals surface area (Å²) in [6.45, 7) is 10.6. The molecule has 0 amide bonds. The second-order valence-electron chi connectivity index (χ2n) is 9.62. The van der Waals surface area contributed by atoms with Gasteiger partial charge in [0.2, 0.25) is 5.95 Å². The fourth-order valence-corrected chi connectivity index (χ4v) is 5.31. The molecule has 7 N–H and O–H groups in total. The molecule has 0 radical (unpaired) electrons. The number of carbonyl (C=O) groups is 1. The Balaban J connectivity index is 0.00000287. The molecule has 0 saturated heterocycles. The van der Waals surface area contributed by atoms with Crippen molar-refractivity contribution in [2.75, 3.05) is 55.8 Å². The number of esters is 1. The number of nitrogens with two attached hydrogens (primary N) is 3. The van der Waals surface area contributed by atoms with Crippen molar-refractivity contribution in [1.29, 1.82) is 0 Å². The number of hydrogen-bond donors (Lipinski definition) is 4. The van der Waals surface area contributed by atoms with Crippen molar-refractivity contribution < 1.29 is 23.3 Å². The average Bonchev–Trinajstić information content (AvgIpc) is 3.77. The summed E-state index contributed by atoms with van der Waals surface area (Å²) >= 11 is 0. The van der Waals surface area contributed by atoms with Crippen LogP contribution in [0.25, 0.3) is 0 Å². The number of nitrogen functional groups attached to an aromatic ring is 2. The highest BCUT2D eigenvalue weighted by Gasteiger charge is 2.53. The number of nitrogens with zero attached hydrogens (tertiary/aromatic N) is 4. The number of rotatable bonds is 15. The third-order valence-corrected chi connectivity index (χ3v) is 8.06. The zero-order chi connectivity index (χ0) is 30.7. The van der Waals surface area contributed by atoms with Crippen LogP contribution < -0.4 is 36.8 Å². The minimum Gasteiger partial charge on any atom is -0.468 e. The molecule has 0 spiro atoms. The summed E-state index contributed by atoms with van der Waals surface area (Å²) < 4.78 is 23.0. The number of hydrazine groups is 1. The Kier molecular flexibility index (Phi) is 13.3. The van der Waals surface area contributed by atoms with Gasteiger partial charge in [-0.1, -0.05) is 31.5 Å². The number of methoxy groups -OCH3 is 2. The predicted molar refractivity (Wildman–Crippen MR) is 164 cm³/mol. The first-order valence-corrected chi connectivity index (χ1v) is 15.0. The molecular formula is C27H47N8O5P. The number of aromatic nitrogens is 2.